The van der Waals surface area contributed by atoms with Crippen LogP contribution in [0.4, 0.5) is 0 Å². The third-order valence-electron chi connectivity index (χ3n) is 2.81. The van der Waals surface area contributed by atoms with E-state index in [2.05, 4.69) is 18.7 Å². The van der Waals surface area contributed by atoms with E-state index in [4.69, 9.17) is 9.84 Å². The Bertz CT molecular complexity index is 152. The van der Waals surface area contributed by atoms with E-state index in [1.54, 1.807) is 0 Å². The van der Waals surface area contributed by atoms with E-state index in [0.717, 1.165) is 26.1 Å². The largest absolute Gasteiger partial charge is 0.395 e. The van der Waals surface area contributed by atoms with Crippen molar-refractivity contribution in [3.05, 3.63) is 0 Å². The van der Waals surface area contributed by atoms with E-state index in [1.165, 1.54) is 12.8 Å². The van der Waals surface area contributed by atoms with E-state index in [0.29, 0.717) is 0 Å². The molecular weight excluding hydrogens is 166 g/mol. The Kier molecular flexibility index (Phi) is 4.16. The molecule has 13 heavy (non-hydrogen) atoms. The van der Waals surface area contributed by atoms with Gasteiger partial charge < -0.3 is 9.84 Å². The Morgan fingerprint density at radius 3 is 2.92 bits per heavy atom. The van der Waals surface area contributed by atoms with Crippen LogP contribution >= 0.6 is 0 Å². The van der Waals surface area contributed by atoms with Crippen LogP contribution in [0.1, 0.15) is 33.1 Å². The van der Waals surface area contributed by atoms with Gasteiger partial charge in [-0.05, 0) is 19.8 Å². The van der Waals surface area contributed by atoms with Gasteiger partial charge in [-0.15, -0.1) is 0 Å². The Labute approximate surface area is 80.7 Å². The van der Waals surface area contributed by atoms with Crippen molar-refractivity contribution in [1.29, 1.82) is 0 Å². The van der Waals surface area contributed by atoms with Crippen LogP contribution in [0.5, 0.6) is 0 Å². The fraction of sp³-hybridized carbons (Fsp3) is 1.00. The van der Waals surface area contributed by atoms with Gasteiger partial charge in [-0.3, -0.25) is 4.90 Å². The van der Waals surface area contributed by atoms with Crippen molar-refractivity contribution >= 4 is 0 Å². The second kappa shape index (κ2) is 4.94. The molecule has 0 bridgehead atoms. The van der Waals surface area contributed by atoms with Crippen molar-refractivity contribution in [2.24, 2.45) is 0 Å². The van der Waals surface area contributed by atoms with Crippen molar-refractivity contribution in [1.82, 2.24) is 4.90 Å². The number of hydrogen-bond donors (Lipinski definition) is 1. The predicted octanol–water partition coefficient (Wildman–Crippen LogP) is 1.22. The molecule has 0 aromatic rings. The monoisotopic (exact) mass is 187 g/mol. The number of hydrogen-bond acceptors (Lipinski definition) is 3. The summed E-state index contributed by atoms with van der Waals surface area (Å²) in [5.41, 5.74) is -0.112. The maximum atomic E-state index is 8.89. The Balaban J connectivity index is 2.43. The maximum Gasteiger partial charge on any atom is 0.119 e. The zero-order valence-electron chi connectivity index (χ0n) is 8.75. The molecule has 0 saturated carbocycles. The van der Waals surface area contributed by atoms with Crippen molar-refractivity contribution in [3.63, 3.8) is 0 Å². The highest BCUT2D eigenvalue weighted by molar-refractivity contribution is 4.81. The van der Waals surface area contributed by atoms with Gasteiger partial charge >= 0.3 is 0 Å². The van der Waals surface area contributed by atoms with Gasteiger partial charge in [0.25, 0.3) is 0 Å². The molecule has 1 rings (SSSR count). The average Bonchev–Trinajstić information content (AvgIpc) is 2.46. The molecule has 1 unspecified atom stereocenters. The maximum absolute atomic E-state index is 8.89. The minimum absolute atomic E-state index is 0.112. The van der Waals surface area contributed by atoms with Crippen LogP contribution < -0.4 is 0 Å². The lowest BCUT2D eigenvalue weighted by molar-refractivity contribution is -0.0774. The number of nitrogens with zero attached hydrogens (tertiary/aromatic N) is 1. The molecule has 1 aliphatic rings. The first-order valence-electron chi connectivity index (χ1n) is 5.23. The molecule has 1 N–H and O–H groups in total. The molecule has 3 nitrogen and oxygen atoms in total. The van der Waals surface area contributed by atoms with Gasteiger partial charge in [0.05, 0.1) is 13.2 Å². The molecule has 78 valence electrons. The molecule has 3 heteroatoms. The second-order valence-corrected chi connectivity index (χ2v) is 3.84. The molecule has 0 aromatic heterocycles. The summed E-state index contributed by atoms with van der Waals surface area (Å²) < 4.78 is 5.72. The normalized spacial score (nSPS) is 29.8. The highest BCUT2D eigenvalue weighted by atomic mass is 16.5. The summed E-state index contributed by atoms with van der Waals surface area (Å²) in [7, 11) is 0. The molecule has 0 amide bonds. The van der Waals surface area contributed by atoms with Crippen LogP contribution in [-0.4, -0.2) is 42.0 Å². The van der Waals surface area contributed by atoms with E-state index < -0.39 is 0 Å². The molecular formula is C10H21NO2. The first-order chi connectivity index (χ1) is 6.23. The van der Waals surface area contributed by atoms with Crippen molar-refractivity contribution in [2.75, 3.05) is 26.3 Å². The second-order valence-electron chi connectivity index (χ2n) is 3.84. The highest BCUT2D eigenvalue weighted by Gasteiger charge is 2.36. The summed E-state index contributed by atoms with van der Waals surface area (Å²) in [5, 5.41) is 8.89. The van der Waals surface area contributed by atoms with Gasteiger partial charge in [-0.25, -0.2) is 0 Å². The smallest absolute Gasteiger partial charge is 0.119 e. The summed E-state index contributed by atoms with van der Waals surface area (Å²) in [6, 6.07) is 0. The number of rotatable bonds is 5. The van der Waals surface area contributed by atoms with Gasteiger partial charge in [0, 0.05) is 13.1 Å². The predicted molar refractivity (Wildman–Crippen MR) is 52.5 cm³/mol. The van der Waals surface area contributed by atoms with Crippen molar-refractivity contribution in [3.8, 4) is 0 Å². The third kappa shape index (κ3) is 2.66. The Hall–Kier alpha value is -0.120. The molecule has 1 aliphatic heterocycles. The van der Waals surface area contributed by atoms with Gasteiger partial charge in [-0.1, -0.05) is 13.3 Å². The molecule has 0 spiro atoms. The zero-order valence-corrected chi connectivity index (χ0v) is 8.75. The van der Waals surface area contributed by atoms with E-state index in [1.807, 2.05) is 0 Å². The third-order valence-corrected chi connectivity index (χ3v) is 2.81. The summed E-state index contributed by atoms with van der Waals surface area (Å²) in [4.78, 5) is 2.24. The number of aliphatic hydroxyl groups excluding tert-OH is 1. The SMILES string of the molecule is CCCCC1(C)OCCN1CCO. The van der Waals surface area contributed by atoms with Gasteiger partial charge in [0.15, 0.2) is 0 Å². The quantitative estimate of drug-likeness (QED) is 0.702. The van der Waals surface area contributed by atoms with Crippen LogP contribution in [0.2, 0.25) is 0 Å². The van der Waals surface area contributed by atoms with E-state index in [-0.39, 0.29) is 12.3 Å². The van der Waals surface area contributed by atoms with Gasteiger partial charge in [0.2, 0.25) is 0 Å². The number of unbranched alkanes of at least 4 members (excludes halogenated alkanes) is 1. The van der Waals surface area contributed by atoms with Crippen LogP contribution in [0.3, 0.4) is 0 Å². The summed E-state index contributed by atoms with van der Waals surface area (Å²) in [5.74, 6) is 0. The first-order valence-corrected chi connectivity index (χ1v) is 5.23. The summed E-state index contributed by atoms with van der Waals surface area (Å²) in [6.07, 6.45) is 3.47. The zero-order chi connectivity index (χ0) is 9.73. The van der Waals surface area contributed by atoms with Crippen LogP contribution in [0.15, 0.2) is 0 Å². The molecule has 1 atom stereocenters. The fourth-order valence-corrected chi connectivity index (χ4v) is 1.91. The van der Waals surface area contributed by atoms with Crippen LogP contribution in [0.25, 0.3) is 0 Å². The van der Waals surface area contributed by atoms with Crippen LogP contribution in [0, 0.1) is 0 Å². The topological polar surface area (TPSA) is 32.7 Å². The molecule has 0 radical (unpaired) electrons. The highest BCUT2D eigenvalue weighted by Crippen LogP contribution is 2.27. The van der Waals surface area contributed by atoms with E-state index in [9.17, 15) is 0 Å². The van der Waals surface area contributed by atoms with E-state index >= 15 is 0 Å². The Morgan fingerprint density at radius 1 is 1.54 bits per heavy atom. The van der Waals surface area contributed by atoms with Gasteiger partial charge in [-0.2, -0.15) is 0 Å². The molecule has 1 saturated heterocycles. The molecule has 0 aliphatic carbocycles. The minimum atomic E-state index is -0.112. The summed E-state index contributed by atoms with van der Waals surface area (Å²) in [6.45, 7) is 7.05. The Morgan fingerprint density at radius 2 is 2.31 bits per heavy atom. The lowest BCUT2D eigenvalue weighted by Crippen LogP contribution is -2.43. The van der Waals surface area contributed by atoms with Gasteiger partial charge in [0.1, 0.15) is 5.72 Å². The lowest BCUT2D eigenvalue weighted by Gasteiger charge is -2.33. The average molecular weight is 187 g/mol. The van der Waals surface area contributed by atoms with Crippen molar-refractivity contribution < 1.29 is 9.84 Å². The van der Waals surface area contributed by atoms with Crippen molar-refractivity contribution in [2.45, 2.75) is 38.8 Å². The first kappa shape index (κ1) is 11.0. The molecule has 0 aromatic carbocycles. The number of ether oxygens (including phenoxy) is 1. The lowest BCUT2D eigenvalue weighted by atomic mass is 10.1. The molecule has 1 fully saturated rings. The van der Waals surface area contributed by atoms with Crippen LogP contribution in [-0.2, 0) is 4.74 Å². The number of β-amino-alcohol motifs (C(OH)–C–C–N with tert-alkyl or cyclic N) is 1. The fourth-order valence-electron chi connectivity index (χ4n) is 1.91. The molecule has 1 heterocycles. The number of aliphatic hydroxyl groups is 1. The standard InChI is InChI=1S/C10H21NO2/c1-3-4-5-10(2)11(6-8-12)7-9-13-10/h12H,3-9H2,1-2H3. The summed E-state index contributed by atoms with van der Waals surface area (Å²) >= 11 is 0. The minimum Gasteiger partial charge on any atom is -0.395 e.